The van der Waals surface area contributed by atoms with E-state index in [-0.39, 0.29) is 5.91 Å². The molecular formula is C18H25N3OS. The first kappa shape index (κ1) is 17.6. The SMILES string of the molecule is CCCN(CCC)CCC(=O)Nc1nc(-c2ccccc2)cs1. The summed E-state index contributed by atoms with van der Waals surface area (Å²) >= 11 is 1.47. The van der Waals surface area contributed by atoms with Crippen LogP contribution in [-0.4, -0.2) is 35.4 Å². The second-order valence-electron chi connectivity index (χ2n) is 5.54. The van der Waals surface area contributed by atoms with E-state index in [1.54, 1.807) is 0 Å². The third kappa shape index (κ3) is 5.77. The summed E-state index contributed by atoms with van der Waals surface area (Å²) in [6.45, 7) is 7.25. The van der Waals surface area contributed by atoms with Gasteiger partial charge in [-0.15, -0.1) is 11.3 Å². The first-order chi connectivity index (χ1) is 11.2. The van der Waals surface area contributed by atoms with Crippen LogP contribution in [0.25, 0.3) is 11.3 Å². The zero-order valence-corrected chi connectivity index (χ0v) is 14.7. The summed E-state index contributed by atoms with van der Waals surface area (Å²) in [6, 6.07) is 10.0. The number of thiazole rings is 1. The molecule has 1 aromatic heterocycles. The molecule has 1 heterocycles. The summed E-state index contributed by atoms with van der Waals surface area (Å²) in [7, 11) is 0. The maximum Gasteiger partial charge on any atom is 0.227 e. The minimum absolute atomic E-state index is 0.0381. The molecule has 0 unspecified atom stereocenters. The Morgan fingerprint density at radius 2 is 1.83 bits per heavy atom. The predicted molar refractivity (Wildman–Crippen MR) is 97.8 cm³/mol. The summed E-state index contributed by atoms with van der Waals surface area (Å²) in [5.74, 6) is 0.0381. The van der Waals surface area contributed by atoms with Crippen molar-refractivity contribution in [2.45, 2.75) is 33.1 Å². The zero-order chi connectivity index (χ0) is 16.5. The average Bonchev–Trinajstić information content (AvgIpc) is 3.02. The van der Waals surface area contributed by atoms with Gasteiger partial charge in [0.05, 0.1) is 5.69 Å². The van der Waals surface area contributed by atoms with Crippen LogP contribution in [0.4, 0.5) is 5.13 Å². The molecule has 0 atom stereocenters. The fraction of sp³-hybridized carbons (Fsp3) is 0.444. The number of amides is 1. The molecule has 0 bridgehead atoms. The van der Waals surface area contributed by atoms with Crippen LogP contribution in [0.15, 0.2) is 35.7 Å². The predicted octanol–water partition coefficient (Wildman–Crippen LogP) is 4.26. The minimum Gasteiger partial charge on any atom is -0.303 e. The first-order valence-corrected chi connectivity index (χ1v) is 9.14. The Morgan fingerprint density at radius 1 is 1.13 bits per heavy atom. The first-order valence-electron chi connectivity index (χ1n) is 8.26. The normalized spacial score (nSPS) is 10.9. The van der Waals surface area contributed by atoms with E-state index in [1.165, 1.54) is 11.3 Å². The number of aromatic nitrogens is 1. The highest BCUT2D eigenvalue weighted by molar-refractivity contribution is 7.14. The Labute approximate surface area is 142 Å². The van der Waals surface area contributed by atoms with Crippen LogP contribution < -0.4 is 5.32 Å². The van der Waals surface area contributed by atoms with E-state index in [0.29, 0.717) is 11.6 Å². The summed E-state index contributed by atoms with van der Waals surface area (Å²) in [4.78, 5) is 18.9. The van der Waals surface area contributed by atoms with Gasteiger partial charge in [0, 0.05) is 23.9 Å². The van der Waals surface area contributed by atoms with Crippen molar-refractivity contribution in [3.8, 4) is 11.3 Å². The van der Waals surface area contributed by atoms with E-state index in [2.05, 4.69) is 29.0 Å². The zero-order valence-electron chi connectivity index (χ0n) is 13.9. The molecular weight excluding hydrogens is 306 g/mol. The van der Waals surface area contributed by atoms with Crippen LogP contribution >= 0.6 is 11.3 Å². The molecule has 0 spiro atoms. The number of nitrogens with zero attached hydrogens (tertiary/aromatic N) is 2. The Morgan fingerprint density at radius 3 is 2.48 bits per heavy atom. The lowest BCUT2D eigenvalue weighted by molar-refractivity contribution is -0.116. The van der Waals surface area contributed by atoms with Gasteiger partial charge in [0.25, 0.3) is 0 Å². The van der Waals surface area contributed by atoms with Gasteiger partial charge in [-0.2, -0.15) is 0 Å². The lowest BCUT2D eigenvalue weighted by Gasteiger charge is -2.20. The standard InChI is InChI=1S/C18H25N3OS/c1-3-11-21(12-4-2)13-10-17(22)20-18-19-16(14-23-18)15-8-6-5-7-9-15/h5-9,14H,3-4,10-13H2,1-2H3,(H,19,20,22). The van der Waals surface area contributed by atoms with Gasteiger partial charge in [0.2, 0.25) is 5.91 Å². The van der Waals surface area contributed by atoms with E-state index in [0.717, 1.165) is 43.7 Å². The molecule has 0 aliphatic heterocycles. The largest absolute Gasteiger partial charge is 0.303 e. The van der Waals surface area contributed by atoms with Gasteiger partial charge in [-0.25, -0.2) is 4.98 Å². The van der Waals surface area contributed by atoms with Crippen molar-refractivity contribution in [1.82, 2.24) is 9.88 Å². The van der Waals surface area contributed by atoms with Crippen molar-refractivity contribution in [1.29, 1.82) is 0 Å². The van der Waals surface area contributed by atoms with Gasteiger partial charge >= 0.3 is 0 Å². The number of hydrogen-bond acceptors (Lipinski definition) is 4. The van der Waals surface area contributed by atoms with Gasteiger partial charge < -0.3 is 10.2 Å². The number of carbonyl (C=O) groups excluding carboxylic acids is 1. The highest BCUT2D eigenvalue weighted by Gasteiger charge is 2.10. The van der Waals surface area contributed by atoms with E-state index >= 15 is 0 Å². The van der Waals surface area contributed by atoms with Gasteiger partial charge in [-0.1, -0.05) is 44.2 Å². The second-order valence-corrected chi connectivity index (χ2v) is 6.40. The summed E-state index contributed by atoms with van der Waals surface area (Å²) in [5, 5.41) is 5.56. The number of hydrogen-bond donors (Lipinski definition) is 1. The van der Waals surface area contributed by atoms with E-state index in [1.807, 2.05) is 35.7 Å². The number of benzene rings is 1. The van der Waals surface area contributed by atoms with Gasteiger partial charge in [0.1, 0.15) is 0 Å². The molecule has 4 nitrogen and oxygen atoms in total. The minimum atomic E-state index is 0.0381. The summed E-state index contributed by atoms with van der Waals surface area (Å²) in [6.07, 6.45) is 2.75. The van der Waals surface area contributed by atoms with Crippen molar-refractivity contribution >= 4 is 22.4 Å². The Hall–Kier alpha value is -1.72. The smallest absolute Gasteiger partial charge is 0.227 e. The second kappa shape index (κ2) is 9.43. The number of carbonyl (C=O) groups is 1. The molecule has 23 heavy (non-hydrogen) atoms. The number of rotatable bonds is 9. The van der Waals surface area contributed by atoms with Crippen molar-refractivity contribution in [2.75, 3.05) is 25.0 Å². The van der Waals surface area contributed by atoms with E-state index in [4.69, 9.17) is 0 Å². The molecule has 0 radical (unpaired) electrons. The molecule has 1 N–H and O–H groups in total. The molecule has 2 rings (SSSR count). The molecule has 0 fully saturated rings. The third-order valence-electron chi connectivity index (χ3n) is 3.55. The van der Waals surface area contributed by atoms with Crippen molar-refractivity contribution in [3.63, 3.8) is 0 Å². The Bertz CT molecular complexity index is 591. The topological polar surface area (TPSA) is 45.2 Å². The summed E-state index contributed by atoms with van der Waals surface area (Å²) < 4.78 is 0. The summed E-state index contributed by atoms with van der Waals surface area (Å²) in [5.41, 5.74) is 1.98. The fourth-order valence-corrected chi connectivity index (χ4v) is 3.22. The number of anilines is 1. The van der Waals surface area contributed by atoms with Crippen LogP contribution in [0.3, 0.4) is 0 Å². The van der Waals surface area contributed by atoms with Crippen LogP contribution in [0, 0.1) is 0 Å². The van der Waals surface area contributed by atoms with Crippen LogP contribution in [-0.2, 0) is 4.79 Å². The third-order valence-corrected chi connectivity index (χ3v) is 4.31. The van der Waals surface area contributed by atoms with Crippen molar-refractivity contribution in [3.05, 3.63) is 35.7 Å². The highest BCUT2D eigenvalue weighted by Crippen LogP contribution is 2.24. The van der Waals surface area contributed by atoms with Gasteiger partial charge in [-0.3, -0.25) is 4.79 Å². The molecule has 0 saturated carbocycles. The monoisotopic (exact) mass is 331 g/mol. The molecule has 5 heteroatoms. The molecule has 124 valence electrons. The maximum absolute atomic E-state index is 12.1. The van der Waals surface area contributed by atoms with Gasteiger partial charge in [0.15, 0.2) is 5.13 Å². The quantitative estimate of drug-likeness (QED) is 0.747. The molecule has 1 amide bonds. The lowest BCUT2D eigenvalue weighted by Crippen LogP contribution is -2.29. The number of nitrogens with one attached hydrogen (secondary N) is 1. The fourth-order valence-electron chi connectivity index (χ4n) is 2.48. The highest BCUT2D eigenvalue weighted by atomic mass is 32.1. The van der Waals surface area contributed by atoms with Crippen molar-refractivity contribution < 1.29 is 4.79 Å². The van der Waals surface area contributed by atoms with Crippen LogP contribution in [0.1, 0.15) is 33.1 Å². The molecule has 1 aromatic carbocycles. The van der Waals surface area contributed by atoms with Crippen LogP contribution in [0.5, 0.6) is 0 Å². The van der Waals surface area contributed by atoms with E-state index < -0.39 is 0 Å². The Balaban J connectivity index is 1.85. The Kier molecular flexibility index (Phi) is 7.23. The molecule has 0 saturated heterocycles. The maximum atomic E-state index is 12.1. The van der Waals surface area contributed by atoms with Crippen LogP contribution in [0.2, 0.25) is 0 Å². The van der Waals surface area contributed by atoms with E-state index in [9.17, 15) is 4.79 Å². The average molecular weight is 331 g/mol. The molecule has 0 aliphatic rings. The lowest BCUT2D eigenvalue weighted by atomic mass is 10.2. The molecule has 0 aliphatic carbocycles. The van der Waals surface area contributed by atoms with Crippen molar-refractivity contribution in [2.24, 2.45) is 0 Å². The molecule has 2 aromatic rings. The van der Waals surface area contributed by atoms with Gasteiger partial charge in [-0.05, 0) is 25.9 Å².